The van der Waals surface area contributed by atoms with E-state index in [9.17, 15) is 4.79 Å². The first-order chi connectivity index (χ1) is 13.7. The second-order valence-corrected chi connectivity index (χ2v) is 6.66. The minimum absolute atomic E-state index is 0.00772. The molecule has 4 heteroatoms. The molecule has 0 radical (unpaired) electrons. The van der Waals surface area contributed by atoms with Gasteiger partial charge in [0.1, 0.15) is 12.4 Å². The van der Waals surface area contributed by atoms with Crippen molar-refractivity contribution in [2.45, 2.75) is 25.6 Å². The normalized spacial score (nSPS) is 11.6. The fourth-order valence-corrected chi connectivity index (χ4v) is 2.97. The lowest BCUT2D eigenvalue weighted by Gasteiger charge is -2.17. The summed E-state index contributed by atoms with van der Waals surface area (Å²) in [6, 6.07) is 27.8. The van der Waals surface area contributed by atoms with Crippen LogP contribution in [0.25, 0.3) is 0 Å². The first-order valence-electron chi connectivity index (χ1n) is 9.49. The lowest BCUT2D eigenvalue weighted by molar-refractivity contribution is -0.122. The van der Waals surface area contributed by atoms with Gasteiger partial charge >= 0.3 is 0 Å². The Kier molecular flexibility index (Phi) is 7.21. The van der Waals surface area contributed by atoms with Gasteiger partial charge in [0.25, 0.3) is 0 Å². The molecule has 3 aromatic rings. The van der Waals surface area contributed by atoms with Crippen molar-refractivity contribution in [3.8, 4) is 5.75 Å². The average Bonchev–Trinajstić information content (AvgIpc) is 2.77. The van der Waals surface area contributed by atoms with E-state index in [0.29, 0.717) is 19.6 Å². The van der Waals surface area contributed by atoms with Gasteiger partial charge in [-0.25, -0.2) is 0 Å². The van der Waals surface area contributed by atoms with E-state index in [1.807, 2.05) is 84.9 Å². The lowest BCUT2D eigenvalue weighted by atomic mass is 10.0. The van der Waals surface area contributed by atoms with Gasteiger partial charge in [0.2, 0.25) is 5.91 Å². The summed E-state index contributed by atoms with van der Waals surface area (Å²) in [4.78, 5) is 12.2. The standard InChI is InChI=1S/C24H26N2O2/c1-25-24(27)23(16-19-8-4-2-5-9-19)26-17-20-12-14-22(15-13-20)28-18-21-10-6-3-7-11-21/h2-15,23,26H,16-18H2,1H3,(H,25,27)/t23-/m0/s1. The predicted molar refractivity (Wildman–Crippen MR) is 112 cm³/mol. The van der Waals surface area contributed by atoms with E-state index < -0.39 is 0 Å². The number of hydrogen-bond donors (Lipinski definition) is 2. The van der Waals surface area contributed by atoms with Gasteiger partial charge in [-0.1, -0.05) is 72.8 Å². The van der Waals surface area contributed by atoms with Gasteiger partial charge in [0.15, 0.2) is 0 Å². The zero-order valence-corrected chi connectivity index (χ0v) is 16.1. The van der Waals surface area contributed by atoms with Crippen molar-refractivity contribution in [3.05, 3.63) is 102 Å². The molecule has 0 aliphatic heterocycles. The second-order valence-electron chi connectivity index (χ2n) is 6.66. The van der Waals surface area contributed by atoms with E-state index in [1.54, 1.807) is 7.05 Å². The Morgan fingerprint density at radius 1 is 0.821 bits per heavy atom. The fourth-order valence-electron chi connectivity index (χ4n) is 2.97. The number of likely N-dealkylation sites (N-methyl/N-ethyl adjacent to an activating group) is 1. The van der Waals surface area contributed by atoms with Gasteiger partial charge in [0.05, 0.1) is 6.04 Å². The summed E-state index contributed by atoms with van der Waals surface area (Å²) >= 11 is 0. The third-order valence-electron chi connectivity index (χ3n) is 4.57. The van der Waals surface area contributed by atoms with Gasteiger partial charge in [-0.2, -0.15) is 0 Å². The maximum Gasteiger partial charge on any atom is 0.237 e. The Labute approximate surface area is 166 Å². The minimum atomic E-state index is -0.276. The monoisotopic (exact) mass is 374 g/mol. The molecule has 1 atom stereocenters. The second kappa shape index (κ2) is 10.3. The van der Waals surface area contributed by atoms with Crippen LogP contribution in [-0.2, 0) is 24.4 Å². The van der Waals surface area contributed by atoms with E-state index in [-0.39, 0.29) is 11.9 Å². The summed E-state index contributed by atoms with van der Waals surface area (Å²) in [6.45, 7) is 1.16. The predicted octanol–water partition coefficient (Wildman–Crippen LogP) is 3.71. The van der Waals surface area contributed by atoms with Crippen molar-refractivity contribution < 1.29 is 9.53 Å². The molecule has 4 nitrogen and oxygen atoms in total. The van der Waals surface area contributed by atoms with E-state index in [2.05, 4.69) is 10.6 Å². The molecule has 0 unspecified atom stereocenters. The van der Waals surface area contributed by atoms with Crippen LogP contribution in [0.1, 0.15) is 16.7 Å². The molecule has 0 spiro atoms. The topological polar surface area (TPSA) is 50.4 Å². The molecule has 144 valence electrons. The van der Waals surface area contributed by atoms with E-state index in [4.69, 9.17) is 4.74 Å². The highest BCUT2D eigenvalue weighted by atomic mass is 16.5. The molecule has 0 aliphatic rings. The highest BCUT2D eigenvalue weighted by molar-refractivity contribution is 5.81. The first-order valence-corrected chi connectivity index (χ1v) is 9.49. The Bertz CT molecular complexity index is 849. The van der Waals surface area contributed by atoms with Crippen molar-refractivity contribution >= 4 is 5.91 Å². The van der Waals surface area contributed by atoms with Crippen LogP contribution < -0.4 is 15.4 Å². The van der Waals surface area contributed by atoms with E-state index in [1.165, 1.54) is 0 Å². The summed E-state index contributed by atoms with van der Waals surface area (Å²) in [5.41, 5.74) is 3.38. The number of carbonyl (C=O) groups is 1. The van der Waals surface area contributed by atoms with Crippen molar-refractivity contribution in [1.29, 1.82) is 0 Å². The van der Waals surface area contributed by atoms with Gasteiger partial charge in [-0.15, -0.1) is 0 Å². The van der Waals surface area contributed by atoms with Gasteiger partial charge in [-0.05, 0) is 35.2 Å². The summed E-state index contributed by atoms with van der Waals surface area (Å²) < 4.78 is 5.82. The third kappa shape index (κ3) is 5.96. The smallest absolute Gasteiger partial charge is 0.237 e. The van der Waals surface area contributed by atoms with Crippen LogP contribution in [0.5, 0.6) is 5.75 Å². The molecule has 28 heavy (non-hydrogen) atoms. The molecule has 3 rings (SSSR count). The van der Waals surface area contributed by atoms with Gasteiger partial charge < -0.3 is 15.4 Å². The molecule has 3 aromatic carbocycles. The molecule has 0 saturated carbocycles. The summed E-state index contributed by atoms with van der Waals surface area (Å²) in [5.74, 6) is 0.825. The third-order valence-corrected chi connectivity index (χ3v) is 4.57. The summed E-state index contributed by atoms with van der Waals surface area (Å²) in [6.07, 6.45) is 0.652. The number of carbonyl (C=O) groups excluding carboxylic acids is 1. The molecule has 0 saturated heterocycles. The molecule has 0 aliphatic carbocycles. The molecule has 0 fully saturated rings. The molecule has 0 aromatic heterocycles. The van der Waals surface area contributed by atoms with Gasteiger partial charge in [-0.3, -0.25) is 4.79 Å². The quantitative estimate of drug-likeness (QED) is 0.600. The van der Waals surface area contributed by atoms with Crippen LogP contribution in [0, 0.1) is 0 Å². The SMILES string of the molecule is CNC(=O)[C@H](Cc1ccccc1)NCc1ccc(OCc2ccccc2)cc1. The van der Waals surface area contributed by atoms with Crippen LogP contribution in [-0.4, -0.2) is 19.0 Å². The fraction of sp³-hybridized carbons (Fsp3) is 0.208. The van der Waals surface area contributed by atoms with Crippen LogP contribution in [0.3, 0.4) is 0 Å². The lowest BCUT2D eigenvalue weighted by Crippen LogP contribution is -2.44. The highest BCUT2D eigenvalue weighted by Crippen LogP contribution is 2.14. The van der Waals surface area contributed by atoms with E-state index in [0.717, 1.165) is 22.4 Å². The number of nitrogens with one attached hydrogen (secondary N) is 2. The molecule has 2 N–H and O–H groups in total. The van der Waals surface area contributed by atoms with Crippen molar-refractivity contribution in [1.82, 2.24) is 10.6 Å². The van der Waals surface area contributed by atoms with Crippen molar-refractivity contribution in [2.75, 3.05) is 7.05 Å². The first kappa shape index (κ1) is 19.6. The zero-order chi connectivity index (χ0) is 19.6. The van der Waals surface area contributed by atoms with Crippen molar-refractivity contribution in [2.24, 2.45) is 0 Å². The maximum atomic E-state index is 12.2. The van der Waals surface area contributed by atoms with Crippen LogP contribution in [0.15, 0.2) is 84.9 Å². The Hall–Kier alpha value is -3.11. The van der Waals surface area contributed by atoms with Crippen LogP contribution in [0.4, 0.5) is 0 Å². The molecular formula is C24H26N2O2. The number of benzene rings is 3. The average molecular weight is 374 g/mol. The minimum Gasteiger partial charge on any atom is -0.489 e. The number of amides is 1. The highest BCUT2D eigenvalue weighted by Gasteiger charge is 2.17. The summed E-state index contributed by atoms with van der Waals surface area (Å²) in [7, 11) is 1.67. The Balaban J connectivity index is 1.53. The van der Waals surface area contributed by atoms with Crippen LogP contribution in [0.2, 0.25) is 0 Å². The number of hydrogen-bond acceptors (Lipinski definition) is 3. The van der Waals surface area contributed by atoms with Crippen LogP contribution >= 0.6 is 0 Å². The molecule has 1 amide bonds. The number of rotatable bonds is 9. The van der Waals surface area contributed by atoms with E-state index >= 15 is 0 Å². The maximum absolute atomic E-state index is 12.2. The largest absolute Gasteiger partial charge is 0.489 e. The van der Waals surface area contributed by atoms with Crippen molar-refractivity contribution in [3.63, 3.8) is 0 Å². The Morgan fingerprint density at radius 3 is 2.04 bits per heavy atom. The molecule has 0 heterocycles. The zero-order valence-electron chi connectivity index (χ0n) is 16.1. The Morgan fingerprint density at radius 2 is 1.43 bits per heavy atom. The molecular weight excluding hydrogens is 348 g/mol. The molecule has 0 bridgehead atoms. The number of ether oxygens (including phenoxy) is 1. The van der Waals surface area contributed by atoms with Gasteiger partial charge in [0, 0.05) is 13.6 Å². The summed E-state index contributed by atoms with van der Waals surface area (Å²) in [5, 5.41) is 6.10.